The molecule has 0 spiro atoms. The van der Waals surface area contributed by atoms with E-state index in [1.165, 1.54) is 0 Å². The van der Waals surface area contributed by atoms with Gasteiger partial charge in [-0.1, -0.05) is 11.6 Å². The number of rotatable bonds is 5. The third-order valence-electron chi connectivity index (χ3n) is 4.95. The first-order chi connectivity index (χ1) is 15.0. The number of benzene rings is 2. The molecular formula is C20H16ClF3N2O5S. The summed E-state index contributed by atoms with van der Waals surface area (Å²) in [6, 6.07) is 8.04. The Bertz CT molecular complexity index is 1260. The summed E-state index contributed by atoms with van der Waals surface area (Å²) in [5.41, 5.74) is 0.977. The zero-order chi connectivity index (χ0) is 23.1. The summed E-state index contributed by atoms with van der Waals surface area (Å²) in [7, 11) is -4.10. The second kappa shape index (κ2) is 8.38. The Hall–Kier alpha value is -2.63. The van der Waals surface area contributed by atoms with E-state index in [0.29, 0.717) is 16.1 Å². The number of carbonyl (C=O) groups excluding carboxylic acids is 1. The van der Waals surface area contributed by atoms with Gasteiger partial charge in [-0.2, -0.15) is 4.31 Å². The predicted octanol–water partition coefficient (Wildman–Crippen LogP) is 4.34. The van der Waals surface area contributed by atoms with Crippen molar-refractivity contribution in [2.45, 2.75) is 36.6 Å². The number of hydrogen-bond acceptors (Lipinski definition) is 6. The van der Waals surface area contributed by atoms with Gasteiger partial charge in [-0.05, 0) is 42.5 Å². The maximum Gasteiger partial charge on any atom is 0.573 e. The average Bonchev–Trinajstić information content (AvgIpc) is 3.08. The van der Waals surface area contributed by atoms with Gasteiger partial charge < -0.3 is 9.15 Å². The predicted molar refractivity (Wildman–Crippen MR) is 108 cm³/mol. The van der Waals surface area contributed by atoms with E-state index in [0.717, 1.165) is 28.6 Å². The van der Waals surface area contributed by atoms with E-state index in [-0.39, 0.29) is 42.4 Å². The third kappa shape index (κ3) is 4.89. The van der Waals surface area contributed by atoms with E-state index >= 15 is 0 Å². The average molecular weight is 489 g/mol. The molecule has 1 fully saturated rings. The summed E-state index contributed by atoms with van der Waals surface area (Å²) >= 11 is 5.95. The maximum absolute atomic E-state index is 13.2. The Morgan fingerprint density at radius 3 is 2.59 bits per heavy atom. The molecule has 170 valence electrons. The lowest BCUT2D eigenvalue weighted by Gasteiger charge is -2.33. The normalized spacial score (nSPS) is 18.2. The Balaban J connectivity index is 1.59. The molecule has 1 aliphatic rings. The largest absolute Gasteiger partial charge is 0.573 e. The van der Waals surface area contributed by atoms with Crippen molar-refractivity contribution < 1.29 is 35.5 Å². The Kier molecular flexibility index (Phi) is 5.91. The highest BCUT2D eigenvalue weighted by molar-refractivity contribution is 7.89. The van der Waals surface area contributed by atoms with Crippen molar-refractivity contribution in [1.82, 2.24) is 9.29 Å². The van der Waals surface area contributed by atoms with Gasteiger partial charge in [0.05, 0.1) is 4.90 Å². The lowest BCUT2D eigenvalue weighted by Crippen LogP contribution is -2.47. The van der Waals surface area contributed by atoms with Gasteiger partial charge in [0.1, 0.15) is 17.0 Å². The summed E-state index contributed by atoms with van der Waals surface area (Å²) in [5.74, 6) is -0.391. The Labute approximate surface area is 185 Å². The maximum atomic E-state index is 13.2. The monoisotopic (exact) mass is 488 g/mol. The Morgan fingerprint density at radius 2 is 1.91 bits per heavy atom. The number of ketones is 1. The van der Waals surface area contributed by atoms with Crippen molar-refractivity contribution in [3.8, 4) is 5.75 Å². The van der Waals surface area contributed by atoms with Crippen LogP contribution >= 0.6 is 11.6 Å². The van der Waals surface area contributed by atoms with Crippen molar-refractivity contribution in [2.24, 2.45) is 0 Å². The topological polar surface area (TPSA) is 89.7 Å². The number of oxazole rings is 1. The standard InChI is InChI=1S/C20H16ClF3N2O5S/c21-12-1-6-18-17(9-12)25-19(30-18)11-13-10-14(27)7-8-26(13)32(28,29)16-4-2-15(3-5-16)31-20(22,23)24/h1-6,9,13H,7-8,10-11H2. The molecule has 7 nitrogen and oxygen atoms in total. The minimum Gasteiger partial charge on any atom is -0.441 e. The third-order valence-corrected chi connectivity index (χ3v) is 7.15. The van der Waals surface area contributed by atoms with Crippen LogP contribution in [-0.2, 0) is 21.2 Å². The van der Waals surface area contributed by atoms with Crippen LogP contribution in [0.15, 0.2) is 51.8 Å². The van der Waals surface area contributed by atoms with Crippen LogP contribution < -0.4 is 4.74 Å². The zero-order valence-electron chi connectivity index (χ0n) is 16.3. The van der Waals surface area contributed by atoms with Crippen LogP contribution in [0.2, 0.25) is 5.02 Å². The van der Waals surface area contributed by atoms with Crippen molar-refractivity contribution in [3.63, 3.8) is 0 Å². The van der Waals surface area contributed by atoms with Crippen molar-refractivity contribution in [1.29, 1.82) is 0 Å². The van der Waals surface area contributed by atoms with E-state index < -0.39 is 28.2 Å². The minimum atomic E-state index is -4.89. The molecule has 1 saturated heterocycles. The second-order valence-corrected chi connectivity index (χ2v) is 9.53. The van der Waals surface area contributed by atoms with Gasteiger partial charge in [-0.15, -0.1) is 13.2 Å². The fourth-order valence-electron chi connectivity index (χ4n) is 3.56. The van der Waals surface area contributed by atoms with Crippen LogP contribution in [0.1, 0.15) is 18.7 Å². The molecule has 0 amide bonds. The molecule has 2 aromatic carbocycles. The molecule has 12 heteroatoms. The molecule has 4 rings (SSSR count). The molecule has 0 saturated carbocycles. The molecule has 0 bridgehead atoms. The number of carbonyl (C=O) groups is 1. The summed E-state index contributed by atoms with van der Waals surface area (Å²) in [4.78, 5) is 16.2. The number of sulfonamides is 1. The highest BCUT2D eigenvalue weighted by atomic mass is 35.5. The van der Waals surface area contributed by atoms with Gasteiger partial charge in [0.25, 0.3) is 0 Å². The summed E-state index contributed by atoms with van der Waals surface area (Å²) < 4.78 is 74.1. The number of Topliss-reactive ketones (excluding diaryl/α,β-unsaturated/α-hetero) is 1. The van der Waals surface area contributed by atoms with E-state index in [2.05, 4.69) is 9.72 Å². The van der Waals surface area contributed by atoms with E-state index in [1.807, 2.05) is 0 Å². The highest BCUT2D eigenvalue weighted by Gasteiger charge is 2.37. The molecule has 2 heterocycles. The fraction of sp³-hybridized carbons (Fsp3) is 0.300. The van der Waals surface area contributed by atoms with Gasteiger partial charge in [0.15, 0.2) is 11.5 Å². The first kappa shape index (κ1) is 22.6. The van der Waals surface area contributed by atoms with E-state index in [4.69, 9.17) is 16.0 Å². The number of alkyl halides is 3. The summed E-state index contributed by atoms with van der Waals surface area (Å²) in [6.45, 7) is -0.0569. The molecule has 0 radical (unpaired) electrons. The van der Waals surface area contributed by atoms with Crippen LogP contribution in [0.4, 0.5) is 13.2 Å². The van der Waals surface area contributed by atoms with Gasteiger partial charge >= 0.3 is 6.36 Å². The summed E-state index contributed by atoms with van der Waals surface area (Å²) in [6.07, 6.45) is -4.84. The molecule has 1 atom stereocenters. The zero-order valence-corrected chi connectivity index (χ0v) is 17.9. The number of piperidine rings is 1. The minimum absolute atomic E-state index is 0.0338. The Morgan fingerprint density at radius 1 is 1.19 bits per heavy atom. The quantitative estimate of drug-likeness (QED) is 0.530. The molecular weight excluding hydrogens is 473 g/mol. The van der Waals surface area contributed by atoms with Crippen LogP contribution in [0, 0.1) is 0 Å². The molecule has 1 aromatic heterocycles. The van der Waals surface area contributed by atoms with Crippen molar-refractivity contribution in [3.05, 3.63) is 53.4 Å². The van der Waals surface area contributed by atoms with Gasteiger partial charge in [-0.25, -0.2) is 13.4 Å². The van der Waals surface area contributed by atoms with Crippen molar-refractivity contribution >= 4 is 38.5 Å². The number of aromatic nitrogens is 1. The lowest BCUT2D eigenvalue weighted by atomic mass is 10.0. The van der Waals surface area contributed by atoms with E-state index in [9.17, 15) is 26.4 Å². The van der Waals surface area contributed by atoms with Crippen LogP contribution in [0.3, 0.4) is 0 Å². The van der Waals surface area contributed by atoms with Gasteiger partial charge in [0, 0.05) is 36.9 Å². The van der Waals surface area contributed by atoms with Crippen LogP contribution in [0.25, 0.3) is 11.1 Å². The summed E-state index contributed by atoms with van der Waals surface area (Å²) in [5, 5.41) is 0.465. The molecule has 1 unspecified atom stereocenters. The number of fused-ring (bicyclic) bond motifs is 1. The lowest BCUT2D eigenvalue weighted by molar-refractivity contribution is -0.274. The van der Waals surface area contributed by atoms with E-state index in [1.54, 1.807) is 18.2 Å². The highest BCUT2D eigenvalue weighted by Crippen LogP contribution is 2.30. The van der Waals surface area contributed by atoms with Gasteiger partial charge in [0.2, 0.25) is 10.0 Å². The van der Waals surface area contributed by atoms with Crippen LogP contribution in [0.5, 0.6) is 5.75 Å². The number of hydrogen-bond donors (Lipinski definition) is 0. The number of nitrogens with zero attached hydrogens (tertiary/aromatic N) is 2. The SMILES string of the molecule is O=C1CCN(S(=O)(=O)c2ccc(OC(F)(F)F)cc2)C(Cc2nc3cc(Cl)ccc3o2)C1. The second-order valence-electron chi connectivity index (χ2n) is 7.21. The van der Waals surface area contributed by atoms with Crippen LogP contribution in [-0.4, -0.2) is 42.4 Å². The number of halogens is 4. The fourth-order valence-corrected chi connectivity index (χ4v) is 5.35. The van der Waals surface area contributed by atoms with Gasteiger partial charge in [-0.3, -0.25) is 4.79 Å². The molecule has 1 aliphatic heterocycles. The molecule has 3 aromatic rings. The first-order valence-electron chi connectivity index (χ1n) is 9.45. The first-order valence-corrected chi connectivity index (χ1v) is 11.3. The molecule has 0 aliphatic carbocycles. The smallest absolute Gasteiger partial charge is 0.441 e. The molecule has 0 N–H and O–H groups in total. The number of ether oxygens (including phenoxy) is 1. The molecule has 32 heavy (non-hydrogen) atoms. The van der Waals surface area contributed by atoms with Crippen molar-refractivity contribution in [2.75, 3.05) is 6.54 Å².